The Morgan fingerprint density at radius 1 is 1.23 bits per heavy atom. The van der Waals surface area contributed by atoms with E-state index in [-0.39, 0.29) is 22.7 Å². The number of nitrogens with one attached hydrogen (secondary N) is 1. The molecule has 1 aliphatic heterocycles. The van der Waals surface area contributed by atoms with Gasteiger partial charge >= 0.3 is 12.4 Å². The minimum Gasteiger partial charge on any atom is -0.478 e. The molecule has 2 N–H and O–H groups in total. The highest BCUT2D eigenvalue weighted by molar-refractivity contribution is 5.96. The van der Waals surface area contributed by atoms with E-state index in [1.165, 1.54) is 12.4 Å². The van der Waals surface area contributed by atoms with E-state index < -0.39 is 18.8 Å². The second kappa shape index (κ2) is 8.97. The second-order valence-electron chi connectivity index (χ2n) is 7.43. The molecule has 0 amide bonds. The Balaban J connectivity index is 1.74. The summed E-state index contributed by atoms with van der Waals surface area (Å²) in [5.74, 6) is -0.937. The molecule has 0 spiro atoms. The summed E-state index contributed by atoms with van der Waals surface area (Å²) in [7, 11) is 0. The summed E-state index contributed by atoms with van der Waals surface area (Å²) in [5.41, 5.74) is 2.35. The van der Waals surface area contributed by atoms with E-state index in [1.807, 2.05) is 6.07 Å². The number of pyridine rings is 1. The smallest absolute Gasteiger partial charge is 0.337 e. The number of aromatic nitrogens is 1. The fourth-order valence-corrected chi connectivity index (χ4v) is 3.49. The Hall–Kier alpha value is -3.07. The van der Waals surface area contributed by atoms with Gasteiger partial charge in [0, 0.05) is 11.8 Å². The molecule has 0 bridgehead atoms. The first-order valence-electron chi connectivity index (χ1n) is 9.92. The lowest BCUT2D eigenvalue weighted by Crippen LogP contribution is -2.21. The number of aromatic carboxylic acids is 1. The Morgan fingerprint density at radius 2 is 2.03 bits per heavy atom. The number of nitrogens with zero attached hydrogens (tertiary/aromatic N) is 1. The van der Waals surface area contributed by atoms with Crippen LogP contribution < -0.4 is 10.1 Å². The van der Waals surface area contributed by atoms with Gasteiger partial charge in [0.1, 0.15) is 5.69 Å². The largest absolute Gasteiger partial charge is 0.478 e. The molecule has 2 heterocycles. The minimum absolute atomic E-state index is 0.0247. The highest BCUT2D eigenvalue weighted by atomic mass is 19.3. The number of carboxylic acid groups (broad SMARTS) is 1. The summed E-state index contributed by atoms with van der Waals surface area (Å²) in [6, 6.07) is 5.03. The molecule has 0 radical (unpaired) electrons. The summed E-state index contributed by atoms with van der Waals surface area (Å²) in [5, 5.41) is 12.5. The number of rotatable bonds is 8. The predicted octanol–water partition coefficient (Wildman–Crippen LogP) is 5.14. The molecular formula is C22H21F3N2O4. The average Bonchev–Trinajstić information content (AvgIpc) is 3.61. The monoisotopic (exact) mass is 434 g/mol. The molecule has 1 aliphatic carbocycles. The Morgan fingerprint density at radius 3 is 2.68 bits per heavy atom. The highest BCUT2D eigenvalue weighted by Crippen LogP contribution is 2.42. The Bertz CT molecular complexity index is 1010. The first-order chi connectivity index (χ1) is 14.9. The lowest BCUT2D eigenvalue weighted by molar-refractivity contribution is -0.0666. The topological polar surface area (TPSA) is 80.7 Å². The summed E-state index contributed by atoms with van der Waals surface area (Å²) in [6.07, 6.45) is 0.758. The maximum Gasteiger partial charge on any atom is 0.337 e. The molecule has 9 heteroatoms. The standard InChI is InChI=1S/C22H21F3N2O4/c23-20(24)21(25)31-19-16(13-5-7-30-8-6-13)10-26-11-18(19)27-17-4-3-14(12-1-2-12)9-15(17)22(28)29/h3-5,9-12,20-21,27H,1-2,6-8H2,(H,28,29). The van der Waals surface area contributed by atoms with Gasteiger partial charge in [0.15, 0.2) is 5.75 Å². The van der Waals surface area contributed by atoms with Gasteiger partial charge in [-0.25, -0.2) is 13.6 Å². The quantitative estimate of drug-likeness (QED) is 0.599. The van der Waals surface area contributed by atoms with Gasteiger partial charge in [-0.15, -0.1) is 0 Å². The van der Waals surface area contributed by atoms with Crippen LogP contribution in [0.3, 0.4) is 0 Å². The van der Waals surface area contributed by atoms with Crippen molar-refractivity contribution in [2.75, 3.05) is 18.5 Å². The molecule has 1 aromatic carbocycles. The van der Waals surface area contributed by atoms with Crippen molar-refractivity contribution in [3.8, 4) is 5.75 Å². The van der Waals surface area contributed by atoms with Crippen molar-refractivity contribution in [1.29, 1.82) is 0 Å². The van der Waals surface area contributed by atoms with E-state index in [2.05, 4.69) is 10.3 Å². The van der Waals surface area contributed by atoms with Gasteiger partial charge < -0.3 is 19.9 Å². The molecule has 2 aliphatic rings. The van der Waals surface area contributed by atoms with Crippen LogP contribution in [0.4, 0.5) is 24.5 Å². The van der Waals surface area contributed by atoms with E-state index in [9.17, 15) is 23.1 Å². The molecular weight excluding hydrogens is 413 g/mol. The van der Waals surface area contributed by atoms with Crippen molar-refractivity contribution in [3.05, 3.63) is 53.4 Å². The van der Waals surface area contributed by atoms with Crippen molar-refractivity contribution < 1.29 is 32.5 Å². The van der Waals surface area contributed by atoms with Gasteiger partial charge in [-0.3, -0.25) is 4.98 Å². The third-order valence-corrected chi connectivity index (χ3v) is 5.23. The van der Waals surface area contributed by atoms with Crippen molar-refractivity contribution >= 4 is 22.9 Å². The number of ether oxygens (including phenoxy) is 2. The SMILES string of the molecule is O=C(O)c1cc(C2CC2)ccc1Nc1cncc(C2=CCOCC2)c1OC(F)C(F)F. The lowest BCUT2D eigenvalue weighted by Gasteiger charge is -2.22. The van der Waals surface area contributed by atoms with E-state index in [0.29, 0.717) is 31.1 Å². The van der Waals surface area contributed by atoms with Crippen LogP contribution in [-0.4, -0.2) is 42.1 Å². The molecule has 0 saturated heterocycles. The van der Waals surface area contributed by atoms with Gasteiger partial charge in [0.05, 0.1) is 30.7 Å². The van der Waals surface area contributed by atoms with Gasteiger partial charge in [0.25, 0.3) is 6.36 Å². The van der Waals surface area contributed by atoms with E-state index >= 15 is 0 Å². The Kier molecular flexibility index (Phi) is 6.13. The minimum atomic E-state index is -3.34. The molecule has 164 valence electrons. The number of anilines is 2. The normalized spacial score (nSPS) is 17.2. The maximum absolute atomic E-state index is 13.9. The van der Waals surface area contributed by atoms with Crippen LogP contribution >= 0.6 is 0 Å². The zero-order valence-electron chi connectivity index (χ0n) is 16.5. The molecule has 1 unspecified atom stereocenters. The number of hydrogen-bond donors (Lipinski definition) is 2. The van der Waals surface area contributed by atoms with Crippen LogP contribution in [-0.2, 0) is 4.74 Å². The summed E-state index contributed by atoms with van der Waals surface area (Å²) in [4.78, 5) is 15.9. The molecule has 6 nitrogen and oxygen atoms in total. The third kappa shape index (κ3) is 4.82. The van der Waals surface area contributed by atoms with Crippen molar-refractivity contribution in [3.63, 3.8) is 0 Å². The number of carbonyl (C=O) groups is 1. The van der Waals surface area contributed by atoms with Crippen molar-refractivity contribution in [2.45, 2.75) is 38.0 Å². The average molecular weight is 434 g/mol. The number of alkyl halides is 3. The van der Waals surface area contributed by atoms with E-state index in [1.54, 1.807) is 18.2 Å². The fourth-order valence-electron chi connectivity index (χ4n) is 3.49. The summed E-state index contributed by atoms with van der Waals surface area (Å²) in [6.45, 7) is 0.745. The van der Waals surface area contributed by atoms with E-state index in [0.717, 1.165) is 24.0 Å². The van der Waals surface area contributed by atoms with E-state index in [4.69, 9.17) is 9.47 Å². The summed E-state index contributed by atoms with van der Waals surface area (Å²) < 4.78 is 49.9. The molecule has 2 aromatic rings. The molecule has 1 atom stereocenters. The van der Waals surface area contributed by atoms with Gasteiger partial charge in [-0.05, 0) is 48.4 Å². The van der Waals surface area contributed by atoms with Gasteiger partial charge in [-0.1, -0.05) is 12.1 Å². The first kappa shape index (κ1) is 21.2. The predicted molar refractivity (Wildman–Crippen MR) is 108 cm³/mol. The zero-order valence-corrected chi connectivity index (χ0v) is 16.5. The van der Waals surface area contributed by atoms with Crippen molar-refractivity contribution in [1.82, 2.24) is 4.98 Å². The van der Waals surface area contributed by atoms with Crippen LogP contribution in [0.2, 0.25) is 0 Å². The lowest BCUT2D eigenvalue weighted by atomic mass is 10.0. The molecule has 1 fully saturated rings. The highest BCUT2D eigenvalue weighted by Gasteiger charge is 2.27. The molecule has 1 saturated carbocycles. The number of halogens is 3. The van der Waals surface area contributed by atoms with Crippen LogP contribution in [0.15, 0.2) is 36.7 Å². The maximum atomic E-state index is 13.9. The number of carboxylic acids is 1. The molecule has 1 aromatic heterocycles. The first-order valence-corrected chi connectivity index (χ1v) is 9.92. The fraction of sp³-hybridized carbons (Fsp3) is 0.364. The van der Waals surface area contributed by atoms with Crippen LogP contribution in [0.1, 0.15) is 46.7 Å². The van der Waals surface area contributed by atoms with Crippen LogP contribution in [0.5, 0.6) is 5.75 Å². The molecule has 31 heavy (non-hydrogen) atoms. The molecule has 4 rings (SSSR count). The Labute approximate surface area is 176 Å². The second-order valence-corrected chi connectivity index (χ2v) is 7.43. The van der Waals surface area contributed by atoms with Gasteiger partial charge in [0.2, 0.25) is 0 Å². The number of benzene rings is 1. The van der Waals surface area contributed by atoms with Gasteiger partial charge in [-0.2, -0.15) is 4.39 Å². The third-order valence-electron chi connectivity index (χ3n) is 5.23. The van der Waals surface area contributed by atoms with Crippen LogP contribution in [0.25, 0.3) is 5.57 Å². The zero-order chi connectivity index (χ0) is 22.0. The van der Waals surface area contributed by atoms with Crippen molar-refractivity contribution in [2.24, 2.45) is 0 Å². The summed E-state index contributed by atoms with van der Waals surface area (Å²) >= 11 is 0. The number of hydrogen-bond acceptors (Lipinski definition) is 5. The van der Waals surface area contributed by atoms with Crippen LogP contribution in [0, 0.1) is 0 Å².